The molecule has 0 aliphatic heterocycles. The molecular weight excluding hydrogens is 114 g/mol. The van der Waals surface area contributed by atoms with Crippen molar-refractivity contribution in [2.24, 2.45) is 11.1 Å². The van der Waals surface area contributed by atoms with Crippen LogP contribution in [0, 0.1) is 5.41 Å². The van der Waals surface area contributed by atoms with Crippen LogP contribution in [0.1, 0.15) is 25.7 Å². The van der Waals surface area contributed by atoms with Crippen LogP contribution >= 0.6 is 0 Å². The van der Waals surface area contributed by atoms with Crippen molar-refractivity contribution in [1.29, 1.82) is 0 Å². The van der Waals surface area contributed by atoms with Crippen molar-refractivity contribution in [3.05, 3.63) is 0 Å². The maximum Gasteiger partial charge on any atom is 0.0696 e. The summed E-state index contributed by atoms with van der Waals surface area (Å²) < 4.78 is 0. The first-order valence-corrected chi connectivity index (χ1v) is 3.66. The van der Waals surface area contributed by atoms with Crippen LogP contribution < -0.4 is 5.73 Å². The zero-order chi connectivity index (χ0) is 6.48. The van der Waals surface area contributed by atoms with Crippen LogP contribution in [0.4, 0.5) is 0 Å². The molecule has 9 heavy (non-hydrogen) atoms. The highest BCUT2D eigenvalue weighted by Crippen LogP contribution is 2.57. The Bertz CT molecular complexity index is 119. The van der Waals surface area contributed by atoms with Crippen LogP contribution in [0.3, 0.4) is 0 Å². The van der Waals surface area contributed by atoms with Crippen molar-refractivity contribution in [2.75, 3.05) is 0 Å². The van der Waals surface area contributed by atoms with Gasteiger partial charge in [0.15, 0.2) is 0 Å². The van der Waals surface area contributed by atoms with Gasteiger partial charge in [-0.25, -0.2) is 0 Å². The summed E-state index contributed by atoms with van der Waals surface area (Å²) in [6, 6.07) is 0.0764. The SMILES string of the molecule is N[C@H]1CC2(CC2)C[C@@H]1O. The van der Waals surface area contributed by atoms with Gasteiger partial charge in [0.05, 0.1) is 6.10 Å². The van der Waals surface area contributed by atoms with Crippen molar-refractivity contribution >= 4 is 0 Å². The second-order valence-electron chi connectivity index (χ2n) is 3.64. The molecule has 2 aliphatic rings. The molecule has 1 spiro atoms. The fourth-order valence-electron chi connectivity index (χ4n) is 1.90. The first-order chi connectivity index (χ1) is 4.22. The van der Waals surface area contributed by atoms with Crippen molar-refractivity contribution in [1.82, 2.24) is 0 Å². The Labute approximate surface area is 55.1 Å². The first kappa shape index (κ1) is 5.69. The van der Waals surface area contributed by atoms with E-state index in [0.717, 1.165) is 12.8 Å². The molecular formula is C7H13NO. The van der Waals surface area contributed by atoms with E-state index < -0.39 is 0 Å². The number of aliphatic hydroxyl groups excluding tert-OH is 1. The van der Waals surface area contributed by atoms with Gasteiger partial charge in [0.2, 0.25) is 0 Å². The van der Waals surface area contributed by atoms with Crippen LogP contribution in [-0.4, -0.2) is 17.3 Å². The van der Waals surface area contributed by atoms with Crippen LogP contribution in [0.2, 0.25) is 0 Å². The van der Waals surface area contributed by atoms with Gasteiger partial charge in [-0.3, -0.25) is 0 Å². The van der Waals surface area contributed by atoms with Crippen LogP contribution in [0.25, 0.3) is 0 Å². The molecule has 2 aliphatic carbocycles. The number of nitrogens with two attached hydrogens (primary N) is 1. The largest absolute Gasteiger partial charge is 0.391 e. The molecule has 3 N–H and O–H groups in total. The van der Waals surface area contributed by atoms with Gasteiger partial charge in [-0.1, -0.05) is 0 Å². The lowest BCUT2D eigenvalue weighted by Gasteiger charge is -2.04. The van der Waals surface area contributed by atoms with Gasteiger partial charge in [0, 0.05) is 6.04 Å². The normalized spacial score (nSPS) is 46.0. The van der Waals surface area contributed by atoms with Gasteiger partial charge in [0.1, 0.15) is 0 Å². The Hall–Kier alpha value is -0.0800. The van der Waals surface area contributed by atoms with E-state index in [1.807, 2.05) is 0 Å². The summed E-state index contributed by atoms with van der Waals surface area (Å²) in [5.41, 5.74) is 6.16. The average Bonchev–Trinajstić information content (AvgIpc) is 2.42. The van der Waals surface area contributed by atoms with Gasteiger partial charge in [-0.05, 0) is 31.1 Å². The molecule has 2 atom stereocenters. The zero-order valence-corrected chi connectivity index (χ0v) is 5.51. The Morgan fingerprint density at radius 3 is 2.22 bits per heavy atom. The summed E-state index contributed by atoms with van der Waals surface area (Å²) in [6.07, 6.45) is 4.44. The van der Waals surface area contributed by atoms with E-state index in [2.05, 4.69) is 0 Å². The molecule has 0 aromatic rings. The van der Waals surface area contributed by atoms with Gasteiger partial charge < -0.3 is 10.8 Å². The number of hydrogen-bond donors (Lipinski definition) is 2. The van der Waals surface area contributed by atoms with Crippen molar-refractivity contribution in [2.45, 2.75) is 37.8 Å². The molecule has 0 amide bonds. The minimum Gasteiger partial charge on any atom is -0.391 e. The van der Waals surface area contributed by atoms with E-state index in [4.69, 9.17) is 5.73 Å². The van der Waals surface area contributed by atoms with Gasteiger partial charge in [-0.2, -0.15) is 0 Å². The van der Waals surface area contributed by atoms with Crippen LogP contribution in [0.5, 0.6) is 0 Å². The maximum absolute atomic E-state index is 9.25. The summed E-state index contributed by atoms with van der Waals surface area (Å²) in [4.78, 5) is 0. The van der Waals surface area contributed by atoms with Crippen molar-refractivity contribution in [3.63, 3.8) is 0 Å². The fourth-order valence-corrected chi connectivity index (χ4v) is 1.90. The highest BCUT2D eigenvalue weighted by atomic mass is 16.3. The van der Waals surface area contributed by atoms with Gasteiger partial charge in [-0.15, -0.1) is 0 Å². The molecule has 0 heterocycles. The van der Waals surface area contributed by atoms with E-state index in [0.29, 0.717) is 5.41 Å². The fraction of sp³-hybridized carbons (Fsp3) is 1.00. The van der Waals surface area contributed by atoms with Crippen molar-refractivity contribution < 1.29 is 5.11 Å². The van der Waals surface area contributed by atoms with Gasteiger partial charge in [0.25, 0.3) is 0 Å². The smallest absolute Gasteiger partial charge is 0.0696 e. The molecule has 2 nitrogen and oxygen atoms in total. The molecule has 0 saturated heterocycles. The molecule has 2 fully saturated rings. The molecule has 0 radical (unpaired) electrons. The Kier molecular flexibility index (Phi) is 0.945. The minimum absolute atomic E-state index is 0.0764. The summed E-state index contributed by atoms with van der Waals surface area (Å²) in [5, 5.41) is 9.25. The zero-order valence-electron chi connectivity index (χ0n) is 5.51. The third-order valence-electron chi connectivity index (χ3n) is 2.76. The number of aliphatic hydroxyl groups is 1. The average molecular weight is 127 g/mol. The van der Waals surface area contributed by atoms with Gasteiger partial charge >= 0.3 is 0 Å². The summed E-state index contributed by atoms with van der Waals surface area (Å²) in [7, 11) is 0. The topological polar surface area (TPSA) is 46.2 Å². The Balaban J connectivity index is 2.06. The van der Waals surface area contributed by atoms with E-state index in [1.165, 1.54) is 12.8 Å². The number of hydrogen-bond acceptors (Lipinski definition) is 2. The second-order valence-corrected chi connectivity index (χ2v) is 3.64. The standard InChI is InChI=1S/C7H13NO/c8-5-3-7(1-2-7)4-6(5)9/h5-6,9H,1-4,8H2/t5-,6-/m0/s1. The van der Waals surface area contributed by atoms with E-state index in [9.17, 15) is 5.11 Å². The molecule has 2 heteroatoms. The molecule has 52 valence electrons. The minimum atomic E-state index is -0.201. The molecule has 2 rings (SSSR count). The summed E-state index contributed by atoms with van der Waals surface area (Å²) in [6.45, 7) is 0. The van der Waals surface area contributed by atoms with Crippen LogP contribution in [-0.2, 0) is 0 Å². The van der Waals surface area contributed by atoms with Crippen molar-refractivity contribution in [3.8, 4) is 0 Å². The quantitative estimate of drug-likeness (QED) is 0.490. The predicted octanol–water partition coefficient (Wildman–Crippen LogP) is 0.249. The maximum atomic E-state index is 9.25. The predicted molar refractivity (Wildman–Crippen MR) is 34.9 cm³/mol. The second kappa shape index (κ2) is 1.50. The highest BCUT2D eigenvalue weighted by molar-refractivity contribution is 5.04. The first-order valence-electron chi connectivity index (χ1n) is 3.66. The number of rotatable bonds is 0. The van der Waals surface area contributed by atoms with E-state index in [-0.39, 0.29) is 12.1 Å². The van der Waals surface area contributed by atoms with Crippen LogP contribution in [0.15, 0.2) is 0 Å². The third kappa shape index (κ3) is 0.775. The lowest BCUT2D eigenvalue weighted by molar-refractivity contribution is 0.160. The molecule has 0 bridgehead atoms. The summed E-state index contributed by atoms with van der Waals surface area (Å²) in [5.74, 6) is 0. The highest BCUT2D eigenvalue weighted by Gasteiger charge is 2.51. The molecule has 2 saturated carbocycles. The lowest BCUT2D eigenvalue weighted by atomic mass is 10.1. The molecule has 0 unspecified atom stereocenters. The third-order valence-corrected chi connectivity index (χ3v) is 2.76. The molecule has 0 aromatic heterocycles. The molecule has 0 aromatic carbocycles. The monoisotopic (exact) mass is 127 g/mol. The van der Waals surface area contributed by atoms with E-state index >= 15 is 0 Å². The Morgan fingerprint density at radius 1 is 1.33 bits per heavy atom. The van der Waals surface area contributed by atoms with E-state index in [1.54, 1.807) is 0 Å². The summed E-state index contributed by atoms with van der Waals surface area (Å²) >= 11 is 0. The lowest BCUT2D eigenvalue weighted by Crippen LogP contribution is -2.28. The Morgan fingerprint density at radius 2 is 2.00 bits per heavy atom.